The predicted octanol–water partition coefficient (Wildman–Crippen LogP) is 4.26. The van der Waals surface area contributed by atoms with E-state index in [1.54, 1.807) is 6.07 Å². The molecule has 2 aromatic rings. The van der Waals surface area contributed by atoms with E-state index in [0.717, 1.165) is 31.5 Å². The van der Waals surface area contributed by atoms with Crippen LogP contribution in [-0.4, -0.2) is 6.54 Å². The first-order chi connectivity index (χ1) is 8.84. The summed E-state index contributed by atoms with van der Waals surface area (Å²) in [6.07, 6.45) is 3.34. The zero-order chi connectivity index (χ0) is 12.6. The molecule has 0 amide bonds. The minimum absolute atomic E-state index is 0.190. The molecule has 1 N–H and O–H groups in total. The van der Waals surface area contributed by atoms with Crippen LogP contribution in [0.5, 0.6) is 0 Å². The van der Waals surface area contributed by atoms with Crippen LogP contribution in [0.4, 0.5) is 10.1 Å². The van der Waals surface area contributed by atoms with Crippen molar-refractivity contribution in [2.75, 3.05) is 11.9 Å². The van der Waals surface area contributed by atoms with Crippen molar-refractivity contribution in [1.82, 2.24) is 0 Å². The first-order valence-corrected chi connectivity index (χ1v) is 6.38. The van der Waals surface area contributed by atoms with Crippen molar-refractivity contribution in [2.45, 2.75) is 19.3 Å². The van der Waals surface area contributed by atoms with Crippen LogP contribution in [0.2, 0.25) is 0 Å². The van der Waals surface area contributed by atoms with Crippen molar-refractivity contribution in [3.05, 3.63) is 66.0 Å². The van der Waals surface area contributed by atoms with E-state index in [1.165, 1.54) is 17.7 Å². The number of hydrogen-bond donors (Lipinski definition) is 1. The second kappa shape index (κ2) is 6.80. The molecular weight excluding hydrogens is 225 g/mol. The van der Waals surface area contributed by atoms with Gasteiger partial charge in [-0.15, -0.1) is 0 Å². The summed E-state index contributed by atoms with van der Waals surface area (Å²) in [6, 6.07) is 17.1. The Labute approximate surface area is 108 Å². The molecule has 0 radical (unpaired) electrons. The molecule has 0 aliphatic carbocycles. The van der Waals surface area contributed by atoms with Gasteiger partial charge < -0.3 is 5.32 Å². The van der Waals surface area contributed by atoms with E-state index in [-0.39, 0.29) is 5.82 Å². The molecule has 2 aromatic carbocycles. The van der Waals surface area contributed by atoms with Crippen LogP contribution in [0.25, 0.3) is 0 Å². The number of benzene rings is 2. The van der Waals surface area contributed by atoms with Gasteiger partial charge in [-0.2, -0.15) is 0 Å². The number of unbranched alkanes of at least 4 members (excludes halogenated alkanes) is 1. The highest BCUT2D eigenvalue weighted by Crippen LogP contribution is 2.10. The summed E-state index contributed by atoms with van der Waals surface area (Å²) >= 11 is 0. The van der Waals surface area contributed by atoms with E-state index >= 15 is 0 Å². The third-order valence-corrected chi connectivity index (χ3v) is 2.89. The molecular formula is C16H18FN. The van der Waals surface area contributed by atoms with Gasteiger partial charge in [-0.3, -0.25) is 0 Å². The third kappa shape index (κ3) is 4.21. The van der Waals surface area contributed by atoms with Crippen LogP contribution >= 0.6 is 0 Å². The Balaban J connectivity index is 1.65. The summed E-state index contributed by atoms with van der Waals surface area (Å²) < 4.78 is 12.9. The molecule has 2 heteroatoms. The number of nitrogens with one attached hydrogen (secondary N) is 1. The molecule has 18 heavy (non-hydrogen) atoms. The molecule has 0 aliphatic heterocycles. The summed E-state index contributed by atoms with van der Waals surface area (Å²) in [7, 11) is 0. The quantitative estimate of drug-likeness (QED) is 0.747. The zero-order valence-corrected chi connectivity index (χ0v) is 10.4. The van der Waals surface area contributed by atoms with Gasteiger partial charge in [-0.1, -0.05) is 36.4 Å². The van der Waals surface area contributed by atoms with Gasteiger partial charge in [0.05, 0.1) is 0 Å². The lowest BCUT2D eigenvalue weighted by Crippen LogP contribution is -2.02. The molecule has 1 nitrogen and oxygen atoms in total. The molecule has 0 saturated heterocycles. The first kappa shape index (κ1) is 12.6. The van der Waals surface area contributed by atoms with Gasteiger partial charge in [0.15, 0.2) is 0 Å². The van der Waals surface area contributed by atoms with E-state index < -0.39 is 0 Å². The Morgan fingerprint density at radius 2 is 1.72 bits per heavy atom. The Bertz CT molecular complexity index is 468. The fourth-order valence-electron chi connectivity index (χ4n) is 1.93. The molecule has 0 saturated carbocycles. The van der Waals surface area contributed by atoms with E-state index in [4.69, 9.17) is 0 Å². The van der Waals surface area contributed by atoms with Crippen LogP contribution < -0.4 is 5.32 Å². The maximum Gasteiger partial charge on any atom is 0.125 e. The van der Waals surface area contributed by atoms with Crippen LogP contribution in [0.1, 0.15) is 18.4 Å². The highest BCUT2D eigenvalue weighted by atomic mass is 19.1. The molecule has 0 fully saturated rings. The lowest BCUT2D eigenvalue weighted by Gasteiger charge is -2.06. The number of anilines is 1. The van der Waals surface area contributed by atoms with Crippen molar-refractivity contribution in [2.24, 2.45) is 0 Å². The highest BCUT2D eigenvalue weighted by molar-refractivity contribution is 5.42. The average Bonchev–Trinajstić information content (AvgIpc) is 2.40. The van der Waals surface area contributed by atoms with E-state index in [2.05, 4.69) is 29.6 Å². The van der Waals surface area contributed by atoms with Crippen LogP contribution in [-0.2, 0) is 6.42 Å². The maximum atomic E-state index is 12.9. The number of halogens is 1. The molecule has 2 rings (SSSR count). The zero-order valence-electron chi connectivity index (χ0n) is 10.4. The SMILES string of the molecule is Fc1cccc(NCCCCc2ccccc2)c1. The predicted molar refractivity (Wildman–Crippen MR) is 74.3 cm³/mol. The monoisotopic (exact) mass is 243 g/mol. The average molecular weight is 243 g/mol. The second-order valence-corrected chi connectivity index (χ2v) is 4.38. The molecule has 0 spiro atoms. The fourth-order valence-corrected chi connectivity index (χ4v) is 1.93. The Kier molecular flexibility index (Phi) is 4.77. The van der Waals surface area contributed by atoms with Crippen LogP contribution in [0.3, 0.4) is 0 Å². The largest absolute Gasteiger partial charge is 0.385 e. The smallest absolute Gasteiger partial charge is 0.125 e. The Morgan fingerprint density at radius 1 is 0.889 bits per heavy atom. The lowest BCUT2D eigenvalue weighted by atomic mass is 10.1. The first-order valence-electron chi connectivity index (χ1n) is 6.38. The molecule has 0 bridgehead atoms. The van der Waals surface area contributed by atoms with Crippen LogP contribution in [0, 0.1) is 5.82 Å². The van der Waals surface area contributed by atoms with Gasteiger partial charge in [-0.25, -0.2) is 4.39 Å². The lowest BCUT2D eigenvalue weighted by molar-refractivity contribution is 0.628. The van der Waals surface area contributed by atoms with E-state index in [1.807, 2.05) is 12.1 Å². The maximum absolute atomic E-state index is 12.9. The van der Waals surface area contributed by atoms with Crippen molar-refractivity contribution >= 4 is 5.69 Å². The molecule has 0 aromatic heterocycles. The van der Waals surface area contributed by atoms with Gasteiger partial charge in [-0.05, 0) is 43.0 Å². The number of aryl methyl sites for hydroxylation is 1. The number of rotatable bonds is 6. The van der Waals surface area contributed by atoms with Gasteiger partial charge in [0, 0.05) is 12.2 Å². The molecule has 0 atom stereocenters. The van der Waals surface area contributed by atoms with Crippen molar-refractivity contribution in [3.63, 3.8) is 0 Å². The molecule has 0 heterocycles. The Morgan fingerprint density at radius 3 is 2.50 bits per heavy atom. The van der Waals surface area contributed by atoms with Crippen molar-refractivity contribution < 1.29 is 4.39 Å². The second-order valence-electron chi connectivity index (χ2n) is 4.38. The molecule has 94 valence electrons. The van der Waals surface area contributed by atoms with Crippen LogP contribution in [0.15, 0.2) is 54.6 Å². The highest BCUT2D eigenvalue weighted by Gasteiger charge is 1.95. The molecule has 0 unspecified atom stereocenters. The van der Waals surface area contributed by atoms with Gasteiger partial charge in [0.25, 0.3) is 0 Å². The van der Waals surface area contributed by atoms with Gasteiger partial charge in [0.1, 0.15) is 5.82 Å². The summed E-state index contributed by atoms with van der Waals surface area (Å²) in [5.41, 5.74) is 2.23. The van der Waals surface area contributed by atoms with Crippen molar-refractivity contribution in [1.29, 1.82) is 0 Å². The minimum Gasteiger partial charge on any atom is -0.385 e. The van der Waals surface area contributed by atoms with E-state index in [0.29, 0.717) is 0 Å². The van der Waals surface area contributed by atoms with E-state index in [9.17, 15) is 4.39 Å². The van der Waals surface area contributed by atoms with Gasteiger partial charge in [0.2, 0.25) is 0 Å². The van der Waals surface area contributed by atoms with Gasteiger partial charge >= 0.3 is 0 Å². The summed E-state index contributed by atoms with van der Waals surface area (Å²) in [6.45, 7) is 0.885. The molecule has 0 aliphatic rings. The fraction of sp³-hybridized carbons (Fsp3) is 0.250. The summed E-state index contributed by atoms with van der Waals surface area (Å²) in [4.78, 5) is 0. The topological polar surface area (TPSA) is 12.0 Å². The normalized spacial score (nSPS) is 10.3. The third-order valence-electron chi connectivity index (χ3n) is 2.89. The minimum atomic E-state index is -0.190. The van der Waals surface area contributed by atoms with Crippen molar-refractivity contribution in [3.8, 4) is 0 Å². The summed E-state index contributed by atoms with van der Waals surface area (Å²) in [5.74, 6) is -0.190. The summed E-state index contributed by atoms with van der Waals surface area (Å²) in [5, 5.41) is 3.23. The number of hydrogen-bond acceptors (Lipinski definition) is 1. The standard InChI is InChI=1S/C16H18FN/c17-15-10-6-11-16(13-15)18-12-5-4-9-14-7-2-1-3-8-14/h1-3,6-8,10-11,13,18H,4-5,9,12H2. The Hall–Kier alpha value is -1.83.